The lowest BCUT2D eigenvalue weighted by Crippen LogP contribution is -2.46. The van der Waals surface area contributed by atoms with Crippen molar-refractivity contribution in [3.05, 3.63) is 16.1 Å². The number of thiazole rings is 1. The van der Waals surface area contributed by atoms with E-state index < -0.39 is 0 Å². The van der Waals surface area contributed by atoms with E-state index in [9.17, 15) is 0 Å². The summed E-state index contributed by atoms with van der Waals surface area (Å²) in [4.78, 5) is 11.5. The van der Waals surface area contributed by atoms with E-state index in [1.54, 1.807) is 18.4 Å². The third-order valence-corrected chi connectivity index (χ3v) is 5.74. The molecule has 0 aromatic carbocycles. The number of nitrogens with zero attached hydrogens (tertiary/aromatic N) is 3. The molecule has 6 nitrogen and oxygen atoms in total. The quantitative estimate of drug-likeness (QED) is 0.446. The summed E-state index contributed by atoms with van der Waals surface area (Å²) in [6, 6.07) is 0. The zero-order valence-electron chi connectivity index (χ0n) is 16.9. The number of rotatable bonds is 7. The summed E-state index contributed by atoms with van der Waals surface area (Å²) in [6.07, 6.45) is 3.40. The van der Waals surface area contributed by atoms with Crippen LogP contribution in [0.3, 0.4) is 0 Å². The molecule has 0 amide bonds. The maximum absolute atomic E-state index is 5.94. The minimum atomic E-state index is 0.107. The maximum Gasteiger partial charge on any atom is 0.193 e. The van der Waals surface area contributed by atoms with Crippen LogP contribution in [0.1, 0.15) is 50.7 Å². The number of aromatic nitrogens is 1. The number of piperidine rings is 1. The van der Waals surface area contributed by atoms with E-state index in [-0.39, 0.29) is 5.41 Å². The Morgan fingerprint density at radius 3 is 2.65 bits per heavy atom. The molecule has 26 heavy (non-hydrogen) atoms. The van der Waals surface area contributed by atoms with Gasteiger partial charge in [-0.15, -0.1) is 11.3 Å². The van der Waals surface area contributed by atoms with Crippen molar-refractivity contribution in [2.24, 2.45) is 4.99 Å². The van der Waals surface area contributed by atoms with Crippen LogP contribution >= 0.6 is 11.3 Å². The Hall–Kier alpha value is -1.18. The van der Waals surface area contributed by atoms with E-state index >= 15 is 0 Å². The lowest BCUT2D eigenvalue weighted by Gasteiger charge is -2.34. The molecule has 0 unspecified atom stereocenters. The highest BCUT2D eigenvalue weighted by molar-refractivity contribution is 7.09. The largest absolute Gasteiger partial charge is 0.385 e. The summed E-state index contributed by atoms with van der Waals surface area (Å²) in [5.74, 6) is 0.952. The number of likely N-dealkylation sites (tertiary alicyclic amines) is 1. The van der Waals surface area contributed by atoms with Crippen molar-refractivity contribution in [1.29, 1.82) is 0 Å². The summed E-state index contributed by atoms with van der Waals surface area (Å²) in [5.41, 5.74) is 1.19. The SMILES string of the molecule is CN=C(NCc1csc(C(C)(C)C)n1)N1CCC(OCCCOC)CC1. The summed E-state index contributed by atoms with van der Waals surface area (Å²) in [5, 5.41) is 6.77. The molecule has 0 spiro atoms. The standard InChI is InChI=1S/C19H34N4O2S/c1-19(2,3)17-22-15(14-26-17)13-21-18(20-4)23-9-7-16(8-10-23)25-12-6-11-24-5/h14,16H,6-13H2,1-5H3,(H,20,21). The van der Waals surface area contributed by atoms with Crippen LogP contribution in [0.5, 0.6) is 0 Å². The summed E-state index contributed by atoms with van der Waals surface area (Å²) >= 11 is 1.73. The van der Waals surface area contributed by atoms with Crippen molar-refractivity contribution in [2.45, 2.75) is 58.1 Å². The predicted octanol–water partition coefficient (Wildman–Crippen LogP) is 3.03. The molecular formula is C19H34N4O2S. The highest BCUT2D eigenvalue weighted by Gasteiger charge is 2.22. The topological polar surface area (TPSA) is 59.0 Å². The molecule has 0 radical (unpaired) electrons. The molecule has 1 aromatic rings. The number of aliphatic imine (C=N–C) groups is 1. The predicted molar refractivity (Wildman–Crippen MR) is 108 cm³/mol. The molecule has 2 heterocycles. The summed E-state index contributed by atoms with van der Waals surface area (Å²) < 4.78 is 11.0. The molecule has 1 fully saturated rings. The Kier molecular flexibility index (Phi) is 8.31. The van der Waals surface area contributed by atoms with Gasteiger partial charge in [0, 0.05) is 51.3 Å². The van der Waals surface area contributed by atoms with Gasteiger partial charge >= 0.3 is 0 Å². The molecule has 148 valence electrons. The van der Waals surface area contributed by atoms with E-state index in [1.807, 2.05) is 7.05 Å². The van der Waals surface area contributed by atoms with Gasteiger partial charge in [-0.3, -0.25) is 4.99 Å². The smallest absolute Gasteiger partial charge is 0.193 e. The Morgan fingerprint density at radius 2 is 2.08 bits per heavy atom. The van der Waals surface area contributed by atoms with E-state index in [0.717, 1.165) is 57.2 Å². The van der Waals surface area contributed by atoms with Gasteiger partial charge in [0.1, 0.15) is 0 Å². The molecule has 0 aliphatic carbocycles. The van der Waals surface area contributed by atoms with Gasteiger partial charge in [0.25, 0.3) is 0 Å². The third kappa shape index (κ3) is 6.52. The zero-order valence-corrected chi connectivity index (χ0v) is 17.7. The molecule has 1 aliphatic rings. The van der Waals surface area contributed by atoms with Crippen LogP contribution in [-0.4, -0.2) is 62.4 Å². The van der Waals surface area contributed by atoms with E-state index in [4.69, 9.17) is 14.5 Å². The number of guanidine groups is 1. The Balaban J connectivity index is 1.75. The van der Waals surface area contributed by atoms with Gasteiger partial charge in [0.2, 0.25) is 0 Å². The van der Waals surface area contributed by atoms with Crippen LogP contribution in [-0.2, 0) is 21.4 Å². The van der Waals surface area contributed by atoms with E-state index in [2.05, 4.69) is 41.4 Å². The zero-order chi connectivity index (χ0) is 19.0. The van der Waals surface area contributed by atoms with E-state index in [1.165, 1.54) is 5.01 Å². The van der Waals surface area contributed by atoms with Crippen molar-refractivity contribution in [3.63, 3.8) is 0 Å². The average Bonchev–Trinajstić information content (AvgIpc) is 3.10. The monoisotopic (exact) mass is 382 g/mol. The lowest BCUT2D eigenvalue weighted by atomic mass is 9.98. The van der Waals surface area contributed by atoms with Crippen LogP contribution in [0.15, 0.2) is 10.4 Å². The second kappa shape index (κ2) is 10.2. The van der Waals surface area contributed by atoms with Gasteiger partial charge in [0.05, 0.1) is 23.4 Å². The van der Waals surface area contributed by atoms with Gasteiger partial charge in [-0.1, -0.05) is 20.8 Å². The van der Waals surface area contributed by atoms with Gasteiger partial charge in [0.15, 0.2) is 5.96 Å². The normalized spacial score (nSPS) is 17.0. The van der Waals surface area contributed by atoms with Gasteiger partial charge in [-0.2, -0.15) is 0 Å². The van der Waals surface area contributed by atoms with Crippen molar-refractivity contribution in [2.75, 3.05) is 40.5 Å². The van der Waals surface area contributed by atoms with Crippen molar-refractivity contribution < 1.29 is 9.47 Å². The molecule has 1 saturated heterocycles. The minimum absolute atomic E-state index is 0.107. The first-order chi connectivity index (χ1) is 12.4. The molecule has 1 aliphatic heterocycles. The molecule has 0 bridgehead atoms. The van der Waals surface area contributed by atoms with Crippen molar-refractivity contribution in [1.82, 2.24) is 15.2 Å². The first kappa shape index (κ1) is 21.1. The number of nitrogens with one attached hydrogen (secondary N) is 1. The number of hydrogen-bond acceptors (Lipinski definition) is 5. The number of ether oxygens (including phenoxy) is 2. The molecular weight excluding hydrogens is 348 g/mol. The van der Waals surface area contributed by atoms with E-state index in [0.29, 0.717) is 12.6 Å². The minimum Gasteiger partial charge on any atom is -0.385 e. The summed E-state index contributed by atoms with van der Waals surface area (Å²) in [7, 11) is 3.57. The van der Waals surface area contributed by atoms with Gasteiger partial charge in [-0.25, -0.2) is 4.98 Å². The van der Waals surface area contributed by atoms with Crippen LogP contribution in [0, 0.1) is 0 Å². The fourth-order valence-corrected chi connectivity index (χ4v) is 3.83. The maximum atomic E-state index is 5.94. The average molecular weight is 383 g/mol. The molecule has 1 aromatic heterocycles. The second-order valence-corrected chi connectivity index (χ2v) is 8.56. The number of hydrogen-bond donors (Lipinski definition) is 1. The van der Waals surface area contributed by atoms with Crippen molar-refractivity contribution in [3.8, 4) is 0 Å². The van der Waals surface area contributed by atoms with Crippen LogP contribution in [0.2, 0.25) is 0 Å². The van der Waals surface area contributed by atoms with Crippen LogP contribution in [0.25, 0.3) is 0 Å². The summed E-state index contributed by atoms with van der Waals surface area (Å²) in [6.45, 7) is 10.8. The van der Waals surface area contributed by atoms with Gasteiger partial charge in [-0.05, 0) is 19.3 Å². The van der Waals surface area contributed by atoms with Crippen molar-refractivity contribution >= 4 is 17.3 Å². The van der Waals surface area contributed by atoms with Crippen LogP contribution < -0.4 is 5.32 Å². The molecule has 2 rings (SSSR count). The fourth-order valence-electron chi connectivity index (χ4n) is 2.92. The van der Waals surface area contributed by atoms with Crippen LogP contribution in [0.4, 0.5) is 0 Å². The Bertz CT molecular complexity index is 560. The fraction of sp³-hybridized carbons (Fsp3) is 0.789. The first-order valence-electron chi connectivity index (χ1n) is 9.45. The lowest BCUT2D eigenvalue weighted by molar-refractivity contribution is 0.00989. The highest BCUT2D eigenvalue weighted by Crippen LogP contribution is 2.25. The second-order valence-electron chi connectivity index (χ2n) is 7.70. The number of methoxy groups -OCH3 is 1. The van der Waals surface area contributed by atoms with Gasteiger partial charge < -0.3 is 19.7 Å². The Labute approximate surface area is 162 Å². The third-order valence-electron chi connectivity index (χ3n) is 4.42. The molecule has 0 saturated carbocycles. The first-order valence-corrected chi connectivity index (χ1v) is 10.3. The molecule has 1 N–H and O–H groups in total. The highest BCUT2D eigenvalue weighted by atomic mass is 32.1. The molecule has 0 atom stereocenters. The molecule has 7 heteroatoms. The Morgan fingerprint density at radius 1 is 1.35 bits per heavy atom.